The van der Waals surface area contributed by atoms with E-state index in [1.165, 1.54) is 0 Å². The number of thioether (sulfide) groups is 1. The quantitative estimate of drug-likeness (QED) is 0.277. The number of nitro benzene ring substituents is 1. The van der Waals surface area contributed by atoms with Crippen LogP contribution in [0, 0.1) is 10.1 Å². The number of anilines is 1. The van der Waals surface area contributed by atoms with Crippen LogP contribution < -0.4 is 5.32 Å². The van der Waals surface area contributed by atoms with E-state index in [4.69, 9.17) is 11.6 Å². The molecule has 0 bridgehead atoms. The van der Waals surface area contributed by atoms with Crippen LogP contribution in [-0.2, 0) is 17.5 Å². The summed E-state index contributed by atoms with van der Waals surface area (Å²) in [6, 6.07) is 9.08. The van der Waals surface area contributed by atoms with E-state index >= 15 is 0 Å². The van der Waals surface area contributed by atoms with Crippen LogP contribution >= 0.6 is 23.4 Å². The number of carbonyl (C=O) groups is 1. The molecule has 1 heterocycles. The number of halogens is 4. The number of aromatic nitrogens is 3. The molecule has 8 nitrogen and oxygen atoms in total. The van der Waals surface area contributed by atoms with Crippen LogP contribution in [-0.4, -0.2) is 31.3 Å². The maximum Gasteiger partial charge on any atom is 0.418 e. The topological polar surface area (TPSA) is 103 Å². The van der Waals surface area contributed by atoms with Gasteiger partial charge in [0, 0.05) is 29.3 Å². The molecule has 3 aromatic rings. The first-order valence-corrected chi connectivity index (χ1v) is 10.4. The number of alkyl halides is 3. The Kier molecular flexibility index (Phi) is 7.04. The highest BCUT2D eigenvalue weighted by molar-refractivity contribution is 7.99. The summed E-state index contributed by atoms with van der Waals surface area (Å²) < 4.78 is 41.6. The molecule has 0 radical (unpaired) electrons. The summed E-state index contributed by atoms with van der Waals surface area (Å²) in [4.78, 5) is 22.1. The van der Waals surface area contributed by atoms with Crippen LogP contribution in [0.15, 0.2) is 47.6 Å². The van der Waals surface area contributed by atoms with Crippen molar-refractivity contribution in [3.63, 3.8) is 0 Å². The lowest BCUT2D eigenvalue weighted by molar-refractivity contribution is -0.385. The third-order valence-electron chi connectivity index (χ3n) is 4.26. The molecular weight excluding hydrogens is 471 g/mol. The van der Waals surface area contributed by atoms with Gasteiger partial charge in [-0.1, -0.05) is 23.4 Å². The fraction of sp³-hybridized carbons (Fsp3) is 0.211. The normalized spacial score (nSPS) is 11.4. The molecule has 1 N–H and O–H groups in total. The van der Waals surface area contributed by atoms with Crippen molar-refractivity contribution in [3.05, 3.63) is 63.2 Å². The molecule has 1 amide bonds. The summed E-state index contributed by atoms with van der Waals surface area (Å²) in [5.74, 6) is -0.414. The van der Waals surface area contributed by atoms with Crippen molar-refractivity contribution < 1.29 is 22.9 Å². The molecule has 0 saturated heterocycles. The minimum atomic E-state index is -4.88. The number of non-ortho nitro benzene ring substituents is 1. The fourth-order valence-electron chi connectivity index (χ4n) is 2.80. The van der Waals surface area contributed by atoms with E-state index in [-0.39, 0.29) is 5.75 Å². The third-order valence-corrected chi connectivity index (χ3v) is 5.48. The first-order chi connectivity index (χ1) is 15.1. The zero-order chi connectivity index (χ0) is 23.5. The van der Waals surface area contributed by atoms with Crippen LogP contribution in [0.25, 0.3) is 11.4 Å². The summed E-state index contributed by atoms with van der Waals surface area (Å²) >= 11 is 6.90. The molecule has 0 spiro atoms. The second-order valence-electron chi connectivity index (χ2n) is 6.38. The summed E-state index contributed by atoms with van der Waals surface area (Å²) in [6.07, 6.45) is -4.88. The van der Waals surface area contributed by atoms with Gasteiger partial charge in [0.2, 0.25) is 5.91 Å². The molecule has 1 aromatic heterocycles. The standard InChI is InChI=1S/C19H15ClF3N5O3S/c1-2-27-17(11-3-5-12(20)6-4-11)25-26-18(27)32-10-16(29)24-15-8-7-13(28(30)31)9-14(15)19(21,22)23/h3-9H,2,10H2,1H3,(H,24,29). The molecule has 168 valence electrons. The Morgan fingerprint density at radius 1 is 1.22 bits per heavy atom. The first kappa shape index (κ1) is 23.5. The maximum absolute atomic E-state index is 13.3. The lowest BCUT2D eigenvalue weighted by atomic mass is 10.1. The highest BCUT2D eigenvalue weighted by atomic mass is 35.5. The molecule has 3 rings (SSSR count). The van der Waals surface area contributed by atoms with E-state index in [1.54, 1.807) is 28.8 Å². The molecule has 0 aliphatic carbocycles. The lowest BCUT2D eigenvalue weighted by Gasteiger charge is -2.13. The maximum atomic E-state index is 13.3. The van der Waals surface area contributed by atoms with Crippen LogP contribution in [0.4, 0.5) is 24.5 Å². The van der Waals surface area contributed by atoms with Crippen LogP contribution in [0.5, 0.6) is 0 Å². The Bertz CT molecular complexity index is 1150. The average molecular weight is 486 g/mol. The fourth-order valence-corrected chi connectivity index (χ4v) is 3.73. The van der Waals surface area contributed by atoms with Gasteiger partial charge in [0.1, 0.15) is 0 Å². The summed E-state index contributed by atoms with van der Waals surface area (Å²) in [5, 5.41) is 22.1. The highest BCUT2D eigenvalue weighted by Crippen LogP contribution is 2.37. The Morgan fingerprint density at radius 3 is 2.50 bits per heavy atom. The smallest absolute Gasteiger partial charge is 0.325 e. The largest absolute Gasteiger partial charge is 0.418 e. The van der Waals surface area contributed by atoms with Gasteiger partial charge in [0.15, 0.2) is 11.0 Å². The second-order valence-corrected chi connectivity index (χ2v) is 7.76. The van der Waals surface area contributed by atoms with Gasteiger partial charge in [-0.25, -0.2) is 0 Å². The molecule has 2 aromatic carbocycles. The summed E-state index contributed by atoms with van der Waals surface area (Å²) in [7, 11) is 0. The molecule has 0 saturated carbocycles. The van der Waals surface area contributed by atoms with Gasteiger partial charge in [0.25, 0.3) is 5.69 Å². The lowest BCUT2D eigenvalue weighted by Crippen LogP contribution is -2.18. The van der Waals surface area contributed by atoms with Gasteiger partial charge in [-0.05, 0) is 37.3 Å². The number of carbonyl (C=O) groups excluding carboxylic acids is 1. The monoisotopic (exact) mass is 485 g/mol. The minimum Gasteiger partial charge on any atom is -0.325 e. The number of hydrogen-bond donors (Lipinski definition) is 1. The van der Waals surface area contributed by atoms with Crippen LogP contribution in [0.2, 0.25) is 5.02 Å². The van der Waals surface area contributed by atoms with Crippen molar-refractivity contribution >= 4 is 40.6 Å². The molecule has 0 aliphatic heterocycles. The van der Waals surface area contributed by atoms with E-state index in [2.05, 4.69) is 15.5 Å². The van der Waals surface area contributed by atoms with Crippen molar-refractivity contribution in [3.8, 4) is 11.4 Å². The van der Waals surface area contributed by atoms with Crippen molar-refractivity contribution in [1.29, 1.82) is 0 Å². The first-order valence-electron chi connectivity index (χ1n) is 9.07. The molecular formula is C19H15ClF3N5O3S. The number of benzene rings is 2. The number of nitrogens with one attached hydrogen (secondary N) is 1. The van der Waals surface area contributed by atoms with E-state index in [0.717, 1.165) is 29.5 Å². The molecule has 0 fully saturated rings. The predicted molar refractivity (Wildman–Crippen MR) is 114 cm³/mol. The molecule has 0 unspecified atom stereocenters. The zero-order valence-electron chi connectivity index (χ0n) is 16.4. The Hall–Kier alpha value is -3.12. The van der Waals surface area contributed by atoms with Gasteiger partial charge in [-0.2, -0.15) is 13.2 Å². The number of amides is 1. The van der Waals surface area contributed by atoms with E-state index in [9.17, 15) is 28.1 Å². The minimum absolute atomic E-state index is 0.243. The molecule has 0 aliphatic rings. The van der Waals surface area contributed by atoms with E-state index < -0.39 is 33.9 Å². The second kappa shape index (κ2) is 9.57. The van der Waals surface area contributed by atoms with Gasteiger partial charge in [0.05, 0.1) is 21.9 Å². The Balaban J connectivity index is 1.74. The third kappa shape index (κ3) is 5.37. The number of nitro groups is 1. The van der Waals surface area contributed by atoms with Crippen LogP contribution in [0.3, 0.4) is 0 Å². The average Bonchev–Trinajstić information content (AvgIpc) is 3.15. The van der Waals surface area contributed by atoms with Crippen molar-refractivity contribution in [2.45, 2.75) is 24.8 Å². The Morgan fingerprint density at radius 2 is 1.91 bits per heavy atom. The van der Waals surface area contributed by atoms with E-state index in [1.807, 2.05) is 6.92 Å². The van der Waals surface area contributed by atoms with Gasteiger partial charge in [-0.15, -0.1) is 10.2 Å². The summed E-state index contributed by atoms with van der Waals surface area (Å²) in [5.41, 5.74) is -1.82. The van der Waals surface area contributed by atoms with Gasteiger partial charge >= 0.3 is 6.18 Å². The van der Waals surface area contributed by atoms with Gasteiger partial charge < -0.3 is 9.88 Å². The number of nitrogens with zero attached hydrogens (tertiary/aromatic N) is 4. The van der Waals surface area contributed by atoms with Crippen molar-refractivity contribution in [2.75, 3.05) is 11.1 Å². The van der Waals surface area contributed by atoms with Crippen molar-refractivity contribution in [2.24, 2.45) is 0 Å². The van der Waals surface area contributed by atoms with Crippen LogP contribution in [0.1, 0.15) is 12.5 Å². The molecule has 32 heavy (non-hydrogen) atoms. The predicted octanol–water partition coefficient (Wildman–Crippen LogP) is 5.28. The number of hydrogen-bond acceptors (Lipinski definition) is 6. The molecule has 13 heteroatoms. The molecule has 0 atom stereocenters. The number of rotatable bonds is 7. The SMILES string of the molecule is CCn1c(SCC(=O)Nc2ccc([N+](=O)[O-])cc2C(F)(F)F)nnc1-c1ccc(Cl)cc1. The highest BCUT2D eigenvalue weighted by Gasteiger charge is 2.35. The Labute approximate surface area is 188 Å². The zero-order valence-corrected chi connectivity index (χ0v) is 18.0. The van der Waals surface area contributed by atoms with Gasteiger partial charge in [-0.3, -0.25) is 14.9 Å². The van der Waals surface area contributed by atoms with E-state index in [0.29, 0.717) is 28.6 Å². The summed E-state index contributed by atoms with van der Waals surface area (Å²) in [6.45, 7) is 2.36. The van der Waals surface area contributed by atoms with Crippen molar-refractivity contribution in [1.82, 2.24) is 14.8 Å².